The van der Waals surface area contributed by atoms with E-state index in [9.17, 15) is 4.79 Å². The molecule has 0 aromatic rings. The molecule has 88 valence electrons. The minimum Gasteiger partial charge on any atom is -0.433 e. The van der Waals surface area contributed by atoms with Crippen LogP contribution >= 0.6 is 0 Å². The molecule has 1 saturated heterocycles. The van der Waals surface area contributed by atoms with E-state index in [-0.39, 0.29) is 11.5 Å². The largest absolute Gasteiger partial charge is 0.508 e. The van der Waals surface area contributed by atoms with E-state index in [1.807, 2.05) is 6.92 Å². The Hall–Kier alpha value is -0.770. The maximum absolute atomic E-state index is 10.7. The summed E-state index contributed by atoms with van der Waals surface area (Å²) in [7, 11) is 0. The Morgan fingerprint density at radius 1 is 1.47 bits per heavy atom. The Bertz CT molecular complexity index is 205. The number of cyclic esters (lactones) is 2. The number of hydrogen-bond acceptors (Lipinski definition) is 4. The fraction of sp³-hybridized carbons (Fsp3) is 0.909. The highest BCUT2D eigenvalue weighted by molar-refractivity contribution is 5.60. The van der Waals surface area contributed by atoms with Crippen molar-refractivity contribution in [3.05, 3.63) is 0 Å². The number of ether oxygens (including phenoxy) is 3. The van der Waals surface area contributed by atoms with E-state index in [2.05, 4.69) is 13.8 Å². The molecular weight excluding hydrogens is 196 g/mol. The molecule has 0 amide bonds. The maximum Gasteiger partial charge on any atom is 0.508 e. The quantitative estimate of drug-likeness (QED) is 0.662. The van der Waals surface area contributed by atoms with Gasteiger partial charge < -0.3 is 14.2 Å². The second kappa shape index (κ2) is 5.35. The van der Waals surface area contributed by atoms with Gasteiger partial charge in [-0.3, -0.25) is 0 Å². The van der Waals surface area contributed by atoms with Crippen molar-refractivity contribution in [1.29, 1.82) is 0 Å². The van der Waals surface area contributed by atoms with Crippen LogP contribution in [0.2, 0.25) is 0 Å². The van der Waals surface area contributed by atoms with Crippen molar-refractivity contribution in [2.24, 2.45) is 5.41 Å². The molecular formula is C11H20O4. The van der Waals surface area contributed by atoms with Gasteiger partial charge >= 0.3 is 6.16 Å². The molecule has 1 aliphatic heterocycles. The van der Waals surface area contributed by atoms with Crippen LogP contribution in [-0.2, 0) is 14.2 Å². The van der Waals surface area contributed by atoms with Crippen LogP contribution in [0.5, 0.6) is 0 Å². The van der Waals surface area contributed by atoms with Crippen LogP contribution in [0.4, 0.5) is 4.79 Å². The third-order valence-corrected chi connectivity index (χ3v) is 2.49. The van der Waals surface area contributed by atoms with Gasteiger partial charge in [0.05, 0.1) is 18.1 Å². The first-order valence-electron chi connectivity index (χ1n) is 5.47. The lowest BCUT2D eigenvalue weighted by Crippen LogP contribution is -2.41. The fourth-order valence-electron chi connectivity index (χ4n) is 1.47. The molecule has 0 aliphatic carbocycles. The van der Waals surface area contributed by atoms with Crippen LogP contribution in [0.15, 0.2) is 0 Å². The summed E-state index contributed by atoms with van der Waals surface area (Å²) in [6.07, 6.45) is 1.85. The van der Waals surface area contributed by atoms with E-state index in [1.54, 1.807) is 0 Å². The Balaban J connectivity index is 2.27. The highest BCUT2D eigenvalue weighted by atomic mass is 16.7. The second-order valence-corrected chi connectivity index (χ2v) is 4.55. The number of hydrogen-bond donors (Lipinski definition) is 0. The molecule has 1 unspecified atom stereocenters. The molecule has 0 N–H and O–H groups in total. The van der Waals surface area contributed by atoms with Gasteiger partial charge in [-0.15, -0.1) is 0 Å². The lowest BCUT2D eigenvalue weighted by molar-refractivity contribution is -0.0969. The molecule has 0 aromatic carbocycles. The van der Waals surface area contributed by atoms with Gasteiger partial charge in [0, 0.05) is 0 Å². The minimum absolute atomic E-state index is 0.199. The molecule has 1 atom stereocenters. The molecule has 15 heavy (non-hydrogen) atoms. The molecule has 4 heteroatoms. The van der Waals surface area contributed by atoms with Crippen molar-refractivity contribution in [2.75, 3.05) is 19.8 Å². The lowest BCUT2D eigenvalue weighted by Gasteiger charge is -2.32. The van der Waals surface area contributed by atoms with E-state index < -0.39 is 6.16 Å². The van der Waals surface area contributed by atoms with Gasteiger partial charge in [-0.05, 0) is 13.3 Å². The van der Waals surface area contributed by atoms with Gasteiger partial charge in [0.2, 0.25) is 0 Å². The summed E-state index contributed by atoms with van der Waals surface area (Å²) in [6, 6.07) is 0. The van der Waals surface area contributed by atoms with Crippen LogP contribution in [0.1, 0.15) is 33.6 Å². The standard InChI is InChI=1S/C11H20O4/c1-4-5-9(2)13-6-11(3)7-14-10(12)15-8-11/h9H,4-8H2,1-3H3. The van der Waals surface area contributed by atoms with Crippen molar-refractivity contribution in [1.82, 2.24) is 0 Å². The number of carbonyl (C=O) groups is 1. The molecule has 0 bridgehead atoms. The van der Waals surface area contributed by atoms with Gasteiger partial charge in [0.1, 0.15) is 13.2 Å². The Morgan fingerprint density at radius 2 is 2.07 bits per heavy atom. The fourth-order valence-corrected chi connectivity index (χ4v) is 1.47. The molecule has 1 rings (SSSR count). The first kappa shape index (κ1) is 12.3. The van der Waals surface area contributed by atoms with Gasteiger partial charge in [-0.1, -0.05) is 20.3 Å². The number of carbonyl (C=O) groups excluding carboxylic acids is 1. The summed E-state index contributed by atoms with van der Waals surface area (Å²) >= 11 is 0. The topological polar surface area (TPSA) is 44.8 Å². The highest BCUT2D eigenvalue weighted by Gasteiger charge is 2.33. The summed E-state index contributed by atoms with van der Waals surface area (Å²) in [6.45, 7) is 7.52. The Labute approximate surface area is 90.9 Å². The van der Waals surface area contributed by atoms with Gasteiger partial charge in [0.25, 0.3) is 0 Å². The molecule has 0 aromatic heterocycles. The van der Waals surface area contributed by atoms with E-state index in [0.29, 0.717) is 19.8 Å². The molecule has 4 nitrogen and oxygen atoms in total. The third-order valence-electron chi connectivity index (χ3n) is 2.49. The zero-order valence-electron chi connectivity index (χ0n) is 9.75. The summed E-state index contributed by atoms with van der Waals surface area (Å²) in [5.41, 5.74) is -0.199. The van der Waals surface area contributed by atoms with Gasteiger partial charge in [-0.25, -0.2) is 4.79 Å². The Morgan fingerprint density at radius 3 is 2.60 bits per heavy atom. The smallest absolute Gasteiger partial charge is 0.433 e. The molecule has 1 aliphatic rings. The van der Waals surface area contributed by atoms with Crippen LogP contribution in [0, 0.1) is 5.41 Å². The minimum atomic E-state index is -0.575. The summed E-state index contributed by atoms with van der Waals surface area (Å²) < 4.78 is 15.4. The average Bonchev–Trinajstić information content (AvgIpc) is 2.21. The van der Waals surface area contributed by atoms with Crippen LogP contribution in [0.25, 0.3) is 0 Å². The second-order valence-electron chi connectivity index (χ2n) is 4.55. The molecule has 0 spiro atoms. The predicted molar refractivity (Wildman–Crippen MR) is 55.7 cm³/mol. The average molecular weight is 216 g/mol. The third kappa shape index (κ3) is 4.08. The SMILES string of the molecule is CCCC(C)OCC1(C)COC(=O)OC1. The van der Waals surface area contributed by atoms with E-state index in [1.165, 1.54) is 0 Å². The zero-order chi connectivity index (χ0) is 11.3. The lowest BCUT2D eigenvalue weighted by atomic mass is 9.93. The first-order valence-corrected chi connectivity index (χ1v) is 5.47. The molecule has 0 radical (unpaired) electrons. The maximum atomic E-state index is 10.7. The van der Waals surface area contributed by atoms with Crippen LogP contribution in [-0.4, -0.2) is 32.1 Å². The molecule has 0 saturated carbocycles. The first-order chi connectivity index (χ1) is 7.06. The highest BCUT2D eigenvalue weighted by Crippen LogP contribution is 2.23. The molecule has 1 fully saturated rings. The summed E-state index contributed by atoms with van der Waals surface area (Å²) in [5, 5.41) is 0. The van der Waals surface area contributed by atoms with Crippen molar-refractivity contribution in [3.8, 4) is 0 Å². The summed E-state index contributed by atoms with van der Waals surface area (Å²) in [4.78, 5) is 10.7. The van der Waals surface area contributed by atoms with E-state index >= 15 is 0 Å². The normalized spacial score (nSPS) is 21.7. The van der Waals surface area contributed by atoms with Gasteiger partial charge in [-0.2, -0.15) is 0 Å². The van der Waals surface area contributed by atoms with Crippen LogP contribution in [0.3, 0.4) is 0 Å². The predicted octanol–water partition coefficient (Wildman–Crippen LogP) is 2.36. The Kier molecular flexibility index (Phi) is 4.39. The van der Waals surface area contributed by atoms with Gasteiger partial charge in [0.15, 0.2) is 0 Å². The van der Waals surface area contributed by atoms with Crippen molar-refractivity contribution < 1.29 is 19.0 Å². The van der Waals surface area contributed by atoms with Crippen molar-refractivity contribution in [2.45, 2.75) is 39.7 Å². The van der Waals surface area contributed by atoms with Crippen molar-refractivity contribution in [3.63, 3.8) is 0 Å². The van der Waals surface area contributed by atoms with Crippen molar-refractivity contribution >= 4 is 6.16 Å². The zero-order valence-corrected chi connectivity index (χ0v) is 9.75. The number of rotatable bonds is 5. The summed E-state index contributed by atoms with van der Waals surface area (Å²) in [5.74, 6) is 0. The monoisotopic (exact) mass is 216 g/mol. The molecule has 1 heterocycles. The van der Waals surface area contributed by atoms with E-state index in [4.69, 9.17) is 14.2 Å². The van der Waals surface area contributed by atoms with E-state index in [0.717, 1.165) is 12.8 Å². The van der Waals surface area contributed by atoms with Crippen LogP contribution < -0.4 is 0 Å².